The summed E-state index contributed by atoms with van der Waals surface area (Å²) in [6.07, 6.45) is 0.727. The quantitative estimate of drug-likeness (QED) is 0.618. The molecule has 2 aromatic rings. The van der Waals surface area contributed by atoms with Gasteiger partial charge in [-0.05, 0) is 47.9 Å². The highest BCUT2D eigenvalue weighted by Gasteiger charge is 2.26. The van der Waals surface area contributed by atoms with Crippen LogP contribution in [0.15, 0.2) is 48.5 Å². The Hall–Kier alpha value is -2.86. The number of hydrogen-bond acceptors (Lipinski definition) is 3. The van der Waals surface area contributed by atoms with Crippen molar-refractivity contribution in [3.63, 3.8) is 0 Å². The number of carbonyl (C=O) groups is 3. The first-order chi connectivity index (χ1) is 13.8. The van der Waals surface area contributed by atoms with Gasteiger partial charge in [-0.2, -0.15) is 0 Å². The van der Waals surface area contributed by atoms with Crippen molar-refractivity contribution in [2.75, 3.05) is 7.05 Å². The zero-order valence-electron chi connectivity index (χ0n) is 16.8. The second-order valence-electron chi connectivity index (χ2n) is 6.84. The number of benzene rings is 2. The first kappa shape index (κ1) is 22.4. The predicted molar refractivity (Wildman–Crippen MR) is 114 cm³/mol. The molecule has 0 spiro atoms. The molecule has 0 aromatic heterocycles. The Bertz CT molecular complexity index is 868. The van der Waals surface area contributed by atoms with Crippen LogP contribution in [0.1, 0.15) is 46.5 Å². The van der Waals surface area contributed by atoms with Crippen LogP contribution in [0.4, 0.5) is 0 Å². The van der Waals surface area contributed by atoms with E-state index in [0.717, 1.165) is 12.0 Å². The van der Waals surface area contributed by atoms with Gasteiger partial charge in [0.2, 0.25) is 5.91 Å². The highest BCUT2D eigenvalue weighted by atomic mass is 35.5. The van der Waals surface area contributed by atoms with Crippen LogP contribution in [0.25, 0.3) is 0 Å². The van der Waals surface area contributed by atoms with Crippen LogP contribution in [-0.4, -0.2) is 30.8 Å². The molecule has 0 heterocycles. The molecule has 3 amide bonds. The molecule has 2 atom stereocenters. The third kappa shape index (κ3) is 6.32. The van der Waals surface area contributed by atoms with E-state index in [1.165, 1.54) is 0 Å². The Morgan fingerprint density at radius 3 is 2.31 bits per heavy atom. The molecule has 0 saturated carbocycles. The lowest BCUT2D eigenvalue weighted by Crippen LogP contribution is -2.50. The maximum absolute atomic E-state index is 12.8. The van der Waals surface area contributed by atoms with Crippen molar-refractivity contribution in [3.8, 4) is 0 Å². The number of rotatable bonds is 8. The molecule has 0 bridgehead atoms. The summed E-state index contributed by atoms with van der Waals surface area (Å²) in [5.41, 5.74) is 1.76. The average molecular weight is 416 g/mol. The fraction of sp³-hybridized carbons (Fsp3) is 0.318. The van der Waals surface area contributed by atoms with Gasteiger partial charge in [0.05, 0.1) is 0 Å². The van der Waals surface area contributed by atoms with Crippen molar-refractivity contribution in [2.45, 2.75) is 32.9 Å². The number of amides is 3. The zero-order chi connectivity index (χ0) is 21.4. The molecule has 0 saturated heterocycles. The van der Waals surface area contributed by atoms with E-state index < -0.39 is 6.04 Å². The molecule has 0 aliphatic heterocycles. The topological polar surface area (TPSA) is 87.3 Å². The fourth-order valence-corrected chi connectivity index (χ4v) is 2.92. The second kappa shape index (κ2) is 10.6. The Balaban J connectivity index is 2.06. The monoisotopic (exact) mass is 415 g/mol. The Labute approximate surface area is 176 Å². The zero-order valence-corrected chi connectivity index (χ0v) is 17.5. The van der Waals surface area contributed by atoms with Gasteiger partial charge in [-0.15, -0.1) is 0 Å². The van der Waals surface area contributed by atoms with Crippen molar-refractivity contribution in [3.05, 3.63) is 70.2 Å². The Morgan fingerprint density at radius 1 is 1.00 bits per heavy atom. The van der Waals surface area contributed by atoms with E-state index in [1.807, 2.05) is 19.9 Å². The fourth-order valence-electron chi connectivity index (χ4n) is 2.79. The molecule has 2 rings (SSSR count). The molecule has 0 fully saturated rings. The van der Waals surface area contributed by atoms with Crippen LogP contribution in [-0.2, 0) is 11.3 Å². The Morgan fingerprint density at radius 2 is 1.69 bits per heavy atom. The maximum Gasteiger partial charge on any atom is 0.251 e. The molecule has 29 heavy (non-hydrogen) atoms. The molecular weight excluding hydrogens is 390 g/mol. The minimum atomic E-state index is -0.676. The van der Waals surface area contributed by atoms with Crippen molar-refractivity contribution in [2.24, 2.45) is 5.92 Å². The largest absolute Gasteiger partial charge is 0.355 e. The van der Waals surface area contributed by atoms with Crippen molar-refractivity contribution < 1.29 is 14.4 Å². The lowest BCUT2D eigenvalue weighted by Gasteiger charge is -2.23. The molecule has 3 N–H and O–H groups in total. The van der Waals surface area contributed by atoms with E-state index in [-0.39, 0.29) is 30.2 Å². The van der Waals surface area contributed by atoms with Gasteiger partial charge in [0, 0.05) is 29.7 Å². The van der Waals surface area contributed by atoms with Crippen LogP contribution in [0, 0.1) is 5.92 Å². The smallest absolute Gasteiger partial charge is 0.251 e. The Kier molecular flexibility index (Phi) is 8.21. The summed E-state index contributed by atoms with van der Waals surface area (Å²) < 4.78 is 0. The van der Waals surface area contributed by atoms with E-state index >= 15 is 0 Å². The molecule has 2 aromatic carbocycles. The maximum atomic E-state index is 12.8. The van der Waals surface area contributed by atoms with Crippen LogP contribution >= 0.6 is 11.6 Å². The predicted octanol–water partition coefficient (Wildman–Crippen LogP) is 3.16. The number of hydrogen-bond donors (Lipinski definition) is 3. The van der Waals surface area contributed by atoms with Gasteiger partial charge < -0.3 is 16.0 Å². The summed E-state index contributed by atoms with van der Waals surface area (Å²) in [4.78, 5) is 37.1. The van der Waals surface area contributed by atoms with Crippen LogP contribution in [0.2, 0.25) is 5.02 Å². The minimum Gasteiger partial charge on any atom is -0.355 e. The van der Waals surface area contributed by atoms with Crippen molar-refractivity contribution in [1.29, 1.82) is 0 Å². The normalized spacial score (nSPS) is 12.6. The number of nitrogens with one attached hydrogen (secondary N) is 3. The van der Waals surface area contributed by atoms with Crippen LogP contribution < -0.4 is 16.0 Å². The molecule has 0 radical (unpaired) electrons. The highest BCUT2D eigenvalue weighted by molar-refractivity contribution is 6.30. The van der Waals surface area contributed by atoms with Crippen molar-refractivity contribution in [1.82, 2.24) is 16.0 Å². The van der Waals surface area contributed by atoms with Crippen LogP contribution in [0.3, 0.4) is 0 Å². The minimum absolute atomic E-state index is 0.0524. The third-order valence-electron chi connectivity index (χ3n) is 4.77. The van der Waals surface area contributed by atoms with E-state index in [0.29, 0.717) is 16.1 Å². The summed E-state index contributed by atoms with van der Waals surface area (Å²) >= 11 is 5.86. The lowest BCUT2D eigenvalue weighted by molar-refractivity contribution is -0.124. The van der Waals surface area contributed by atoms with Gasteiger partial charge in [0.1, 0.15) is 6.04 Å². The first-order valence-electron chi connectivity index (χ1n) is 9.50. The van der Waals surface area contributed by atoms with Crippen molar-refractivity contribution >= 4 is 29.3 Å². The summed E-state index contributed by atoms with van der Waals surface area (Å²) in [7, 11) is 1.57. The van der Waals surface area contributed by atoms with E-state index in [9.17, 15) is 14.4 Å². The second-order valence-corrected chi connectivity index (χ2v) is 7.28. The molecule has 7 heteroatoms. The van der Waals surface area contributed by atoms with E-state index in [1.54, 1.807) is 49.5 Å². The summed E-state index contributed by atoms with van der Waals surface area (Å²) in [5, 5.41) is 8.79. The standard InChI is InChI=1S/C22H26ClN3O3/c1-4-14(2)19(26-21(28)16-8-10-18(23)11-9-16)22(29)25-13-15-6-5-7-17(12-15)20(27)24-3/h5-12,14,19H,4,13H2,1-3H3,(H,24,27)(H,25,29)(H,26,28). The van der Waals surface area contributed by atoms with Crippen LogP contribution in [0.5, 0.6) is 0 Å². The summed E-state index contributed by atoms with van der Waals surface area (Å²) in [6.45, 7) is 4.14. The molecular formula is C22H26ClN3O3. The highest BCUT2D eigenvalue weighted by Crippen LogP contribution is 2.13. The summed E-state index contributed by atoms with van der Waals surface area (Å²) in [6, 6.07) is 12.9. The van der Waals surface area contributed by atoms with E-state index in [2.05, 4.69) is 16.0 Å². The average Bonchev–Trinajstić information content (AvgIpc) is 2.75. The molecule has 154 valence electrons. The van der Waals surface area contributed by atoms with Gasteiger partial charge in [-0.1, -0.05) is 44.0 Å². The molecule has 6 nitrogen and oxygen atoms in total. The molecule has 0 aliphatic rings. The lowest BCUT2D eigenvalue weighted by atomic mass is 9.97. The summed E-state index contributed by atoms with van der Waals surface area (Å²) in [5.74, 6) is -0.843. The van der Waals surface area contributed by atoms with Gasteiger partial charge in [-0.25, -0.2) is 0 Å². The SMILES string of the molecule is CCC(C)C(NC(=O)c1ccc(Cl)cc1)C(=O)NCc1cccc(C(=O)NC)c1. The number of halogens is 1. The first-order valence-corrected chi connectivity index (χ1v) is 9.88. The van der Waals surface area contributed by atoms with Gasteiger partial charge in [0.15, 0.2) is 0 Å². The third-order valence-corrected chi connectivity index (χ3v) is 5.02. The van der Waals surface area contributed by atoms with Gasteiger partial charge in [0.25, 0.3) is 11.8 Å². The van der Waals surface area contributed by atoms with Gasteiger partial charge >= 0.3 is 0 Å². The molecule has 2 unspecified atom stereocenters. The number of carbonyl (C=O) groups excluding carboxylic acids is 3. The van der Waals surface area contributed by atoms with Gasteiger partial charge in [-0.3, -0.25) is 14.4 Å². The van der Waals surface area contributed by atoms with E-state index in [4.69, 9.17) is 11.6 Å². The molecule has 0 aliphatic carbocycles.